The van der Waals surface area contributed by atoms with Crippen molar-refractivity contribution in [1.82, 2.24) is 0 Å². The molecule has 1 aliphatic heterocycles. The van der Waals surface area contributed by atoms with Crippen molar-refractivity contribution in [2.75, 3.05) is 22.6 Å². The maximum atomic E-state index is 13.1. The van der Waals surface area contributed by atoms with E-state index in [1.165, 1.54) is 25.3 Å². The van der Waals surface area contributed by atoms with E-state index in [1.807, 2.05) is 0 Å². The van der Waals surface area contributed by atoms with E-state index in [2.05, 4.69) is 10.6 Å². The Bertz CT molecular complexity index is 1410. The van der Waals surface area contributed by atoms with Crippen LogP contribution in [-0.2, 0) is 9.59 Å². The molecule has 3 aromatic carbocycles. The largest absolute Gasteiger partial charge is 0.495 e. The lowest BCUT2D eigenvalue weighted by Gasteiger charge is -2.18. The highest BCUT2D eigenvalue weighted by molar-refractivity contribution is 6.53. The van der Waals surface area contributed by atoms with Gasteiger partial charge in [0.1, 0.15) is 16.5 Å². The van der Waals surface area contributed by atoms with Crippen molar-refractivity contribution < 1.29 is 19.1 Å². The van der Waals surface area contributed by atoms with Gasteiger partial charge in [0.15, 0.2) is 0 Å². The fourth-order valence-electron chi connectivity index (χ4n) is 3.35. The highest BCUT2D eigenvalue weighted by Crippen LogP contribution is 2.37. The Morgan fingerprint density at radius 2 is 1.66 bits per heavy atom. The van der Waals surface area contributed by atoms with Crippen molar-refractivity contribution in [1.29, 1.82) is 0 Å². The number of hydrogen-bond acceptors (Lipinski definition) is 5. The second-order valence-corrected chi connectivity index (χ2v) is 8.81. The van der Waals surface area contributed by atoms with E-state index in [9.17, 15) is 14.4 Å². The number of nitrogens with zero attached hydrogens (tertiary/aromatic N) is 1. The predicted octanol–water partition coefficient (Wildman–Crippen LogP) is 6.34. The summed E-state index contributed by atoms with van der Waals surface area (Å²) < 4.78 is 5.26. The van der Waals surface area contributed by atoms with Gasteiger partial charge in [0, 0.05) is 16.3 Å². The van der Waals surface area contributed by atoms with Crippen molar-refractivity contribution in [2.24, 2.45) is 0 Å². The number of ether oxygens (including phenoxy) is 1. The summed E-state index contributed by atoms with van der Waals surface area (Å²) in [7, 11) is 1.40. The monoisotopic (exact) mass is 549 g/mol. The molecule has 7 nitrogen and oxygen atoms in total. The summed E-state index contributed by atoms with van der Waals surface area (Å²) in [6.07, 6.45) is 0. The van der Waals surface area contributed by atoms with Gasteiger partial charge in [-0.3, -0.25) is 14.4 Å². The highest BCUT2D eigenvalue weighted by Gasteiger charge is 2.40. The Morgan fingerprint density at radius 3 is 2.40 bits per heavy atom. The van der Waals surface area contributed by atoms with E-state index < -0.39 is 17.7 Å². The first-order valence-electron chi connectivity index (χ1n) is 9.95. The lowest BCUT2D eigenvalue weighted by Crippen LogP contribution is -2.32. The van der Waals surface area contributed by atoms with Crippen LogP contribution in [0.15, 0.2) is 71.4 Å². The molecule has 0 radical (unpaired) electrons. The Hall–Kier alpha value is -3.23. The molecule has 0 unspecified atom stereocenters. The van der Waals surface area contributed by atoms with Crippen LogP contribution in [0.3, 0.4) is 0 Å². The standard InChI is InChI=1S/C24H15Cl4N3O4/c1-35-18-9-8-13(25)11-17(18)31-23(33)20(28)21(24(31)34)29-14-5-2-4-12(10-14)22(32)30-16-7-3-6-15(26)19(16)27/h2-11,29H,1H3,(H,30,32). The molecule has 0 saturated carbocycles. The van der Waals surface area contributed by atoms with Crippen molar-refractivity contribution >= 4 is 81.2 Å². The van der Waals surface area contributed by atoms with E-state index in [0.717, 1.165) is 4.90 Å². The molecule has 0 bridgehead atoms. The number of carbonyl (C=O) groups is 3. The number of carbonyl (C=O) groups excluding carboxylic acids is 3. The first-order chi connectivity index (χ1) is 16.7. The Kier molecular flexibility index (Phi) is 7.23. The zero-order valence-corrected chi connectivity index (χ0v) is 20.9. The second kappa shape index (κ2) is 10.2. The van der Waals surface area contributed by atoms with Crippen LogP contribution in [0.4, 0.5) is 17.1 Å². The maximum absolute atomic E-state index is 13.1. The quantitative estimate of drug-likeness (QED) is 0.349. The average Bonchev–Trinajstić information content (AvgIpc) is 3.05. The third-order valence-electron chi connectivity index (χ3n) is 5.00. The number of anilines is 3. The Morgan fingerprint density at radius 1 is 0.914 bits per heavy atom. The smallest absolute Gasteiger partial charge is 0.283 e. The van der Waals surface area contributed by atoms with Crippen LogP contribution in [0.25, 0.3) is 0 Å². The van der Waals surface area contributed by atoms with E-state index >= 15 is 0 Å². The van der Waals surface area contributed by atoms with Gasteiger partial charge in [-0.2, -0.15) is 0 Å². The summed E-state index contributed by atoms with van der Waals surface area (Å²) in [5, 5.41) is 6.01. The van der Waals surface area contributed by atoms with Gasteiger partial charge in [-0.15, -0.1) is 0 Å². The zero-order chi connectivity index (χ0) is 25.3. The molecule has 0 atom stereocenters. The molecule has 1 heterocycles. The number of hydrogen-bond donors (Lipinski definition) is 2. The first-order valence-corrected chi connectivity index (χ1v) is 11.5. The number of halogens is 4. The van der Waals surface area contributed by atoms with E-state index in [-0.39, 0.29) is 32.8 Å². The van der Waals surface area contributed by atoms with Gasteiger partial charge >= 0.3 is 0 Å². The summed E-state index contributed by atoms with van der Waals surface area (Å²) in [5.41, 5.74) is 0.943. The van der Waals surface area contributed by atoms with Gasteiger partial charge in [-0.1, -0.05) is 58.5 Å². The fourth-order valence-corrected chi connectivity index (χ4v) is 4.07. The molecule has 3 amide bonds. The molecule has 0 aliphatic carbocycles. The molecule has 2 N–H and O–H groups in total. The average molecular weight is 551 g/mol. The van der Waals surface area contributed by atoms with Gasteiger partial charge in [0.05, 0.1) is 28.5 Å². The van der Waals surface area contributed by atoms with Crippen molar-refractivity contribution in [3.8, 4) is 5.75 Å². The molecule has 0 aromatic heterocycles. The van der Waals surface area contributed by atoms with Gasteiger partial charge in [-0.05, 0) is 48.5 Å². The number of amides is 3. The van der Waals surface area contributed by atoms with E-state index in [0.29, 0.717) is 21.4 Å². The van der Waals surface area contributed by atoms with Gasteiger partial charge in [-0.25, -0.2) is 4.90 Å². The van der Waals surface area contributed by atoms with Crippen molar-refractivity contribution in [2.45, 2.75) is 0 Å². The molecule has 4 rings (SSSR count). The first kappa shape index (κ1) is 24.9. The van der Waals surface area contributed by atoms with E-state index in [4.69, 9.17) is 51.1 Å². The third-order valence-corrected chi connectivity index (χ3v) is 6.41. The molecule has 11 heteroatoms. The van der Waals surface area contributed by atoms with E-state index in [1.54, 1.807) is 42.5 Å². The highest BCUT2D eigenvalue weighted by atomic mass is 35.5. The van der Waals surface area contributed by atoms with Crippen molar-refractivity contribution in [3.63, 3.8) is 0 Å². The minimum atomic E-state index is -0.746. The predicted molar refractivity (Wildman–Crippen MR) is 138 cm³/mol. The normalized spacial score (nSPS) is 13.3. The Labute approximate surface area is 220 Å². The van der Waals surface area contributed by atoms with Crippen LogP contribution < -0.4 is 20.3 Å². The summed E-state index contributed by atoms with van der Waals surface area (Å²) >= 11 is 24.4. The summed E-state index contributed by atoms with van der Waals surface area (Å²) in [4.78, 5) is 39.6. The minimum absolute atomic E-state index is 0.150. The number of benzene rings is 3. The summed E-state index contributed by atoms with van der Waals surface area (Å²) in [5.74, 6) is -1.65. The van der Waals surface area contributed by atoms with Crippen LogP contribution in [0.2, 0.25) is 15.1 Å². The summed E-state index contributed by atoms with van der Waals surface area (Å²) in [6, 6.07) is 15.7. The topological polar surface area (TPSA) is 87.7 Å². The Balaban J connectivity index is 1.58. The number of rotatable bonds is 6. The molecule has 3 aromatic rings. The molecule has 0 fully saturated rings. The molecule has 1 aliphatic rings. The second-order valence-electron chi connectivity index (χ2n) is 7.21. The molecule has 0 saturated heterocycles. The van der Waals surface area contributed by atoms with Crippen LogP contribution in [0, 0.1) is 0 Å². The number of imide groups is 1. The number of methoxy groups -OCH3 is 1. The van der Waals surface area contributed by atoms with Crippen LogP contribution in [-0.4, -0.2) is 24.8 Å². The summed E-state index contributed by atoms with van der Waals surface area (Å²) in [6.45, 7) is 0. The van der Waals surface area contributed by atoms with Crippen LogP contribution in [0.1, 0.15) is 10.4 Å². The van der Waals surface area contributed by atoms with Gasteiger partial charge < -0.3 is 15.4 Å². The zero-order valence-electron chi connectivity index (χ0n) is 17.9. The maximum Gasteiger partial charge on any atom is 0.283 e. The van der Waals surface area contributed by atoms with Gasteiger partial charge in [0.2, 0.25) is 0 Å². The fraction of sp³-hybridized carbons (Fsp3) is 0.0417. The van der Waals surface area contributed by atoms with Crippen molar-refractivity contribution in [3.05, 3.63) is 92.0 Å². The van der Waals surface area contributed by atoms with Gasteiger partial charge in [0.25, 0.3) is 17.7 Å². The molecular weight excluding hydrogens is 536 g/mol. The van der Waals surface area contributed by atoms with Crippen LogP contribution >= 0.6 is 46.4 Å². The SMILES string of the molecule is COc1ccc(Cl)cc1N1C(=O)C(Cl)=C(Nc2cccc(C(=O)Nc3cccc(Cl)c3Cl)c2)C1=O. The molecule has 178 valence electrons. The lowest BCUT2D eigenvalue weighted by molar-refractivity contribution is -0.120. The lowest BCUT2D eigenvalue weighted by atomic mass is 10.1. The molecule has 0 spiro atoms. The third kappa shape index (κ3) is 4.94. The molecular formula is C24H15Cl4N3O4. The van der Waals surface area contributed by atoms with Crippen LogP contribution in [0.5, 0.6) is 5.75 Å². The number of nitrogens with one attached hydrogen (secondary N) is 2. The minimum Gasteiger partial charge on any atom is -0.495 e. The molecule has 35 heavy (non-hydrogen) atoms.